The zero-order valence-electron chi connectivity index (χ0n) is 17.1. The van der Waals surface area contributed by atoms with Crippen LogP contribution in [-0.4, -0.2) is 36.2 Å². The van der Waals surface area contributed by atoms with Crippen molar-refractivity contribution in [3.63, 3.8) is 0 Å². The molecule has 0 fully saturated rings. The molecule has 4 heterocycles. The molecule has 1 amide bonds. The van der Waals surface area contributed by atoms with E-state index in [1.165, 1.54) is 10.4 Å². The van der Waals surface area contributed by atoms with Gasteiger partial charge in [0, 0.05) is 23.2 Å². The number of hydrogen-bond acceptors (Lipinski definition) is 7. The number of nitrogens with one attached hydrogen (secondary N) is 2. The number of aromatic nitrogens is 5. The van der Waals surface area contributed by atoms with Gasteiger partial charge in [0.1, 0.15) is 10.7 Å². The van der Waals surface area contributed by atoms with Crippen molar-refractivity contribution in [3.8, 4) is 0 Å². The molecule has 1 atom stereocenters. The minimum absolute atomic E-state index is 0.0351. The van der Waals surface area contributed by atoms with Gasteiger partial charge in [-0.15, -0.1) is 21.5 Å². The molecule has 0 radical (unpaired) electrons. The average molecular weight is 455 g/mol. The van der Waals surface area contributed by atoms with Gasteiger partial charge in [-0.2, -0.15) is 11.8 Å². The topological polar surface area (TPSA) is 105 Å². The molecule has 10 heteroatoms. The van der Waals surface area contributed by atoms with E-state index in [0.29, 0.717) is 29.6 Å². The smallest absolute Gasteiger partial charge is 0.259 e. The molecule has 0 saturated heterocycles. The second-order valence-corrected chi connectivity index (χ2v) is 9.82. The number of aryl methyl sites for hydroxylation is 2. The maximum atomic E-state index is 12.5. The molecular weight excluding hydrogens is 432 g/mol. The summed E-state index contributed by atoms with van der Waals surface area (Å²) in [4.78, 5) is 34.6. The van der Waals surface area contributed by atoms with Crippen LogP contribution in [0.15, 0.2) is 29.2 Å². The van der Waals surface area contributed by atoms with Gasteiger partial charge in [0.25, 0.3) is 5.56 Å². The van der Waals surface area contributed by atoms with Crippen LogP contribution in [0.3, 0.4) is 0 Å². The Morgan fingerprint density at radius 1 is 1.35 bits per heavy atom. The van der Waals surface area contributed by atoms with Gasteiger partial charge in [-0.25, -0.2) is 4.98 Å². The number of aromatic amines is 1. The molecule has 0 bridgehead atoms. The van der Waals surface area contributed by atoms with Gasteiger partial charge in [0.15, 0.2) is 11.5 Å². The van der Waals surface area contributed by atoms with E-state index in [2.05, 4.69) is 25.5 Å². The average Bonchev–Trinajstić information content (AvgIpc) is 3.45. The third-order valence-corrected chi connectivity index (χ3v) is 7.60. The number of H-pyrrole nitrogens is 1. The summed E-state index contributed by atoms with van der Waals surface area (Å²) in [6.45, 7) is 1.90. The van der Waals surface area contributed by atoms with Crippen molar-refractivity contribution in [2.45, 2.75) is 44.4 Å². The predicted octanol–water partition coefficient (Wildman–Crippen LogP) is 3.02. The summed E-state index contributed by atoms with van der Waals surface area (Å²) in [6, 6.07) is 5.45. The number of hydrogen-bond donors (Lipinski definition) is 2. The normalized spacial score (nSPS) is 14.2. The third kappa shape index (κ3) is 3.97. The van der Waals surface area contributed by atoms with Crippen LogP contribution in [-0.2, 0) is 23.4 Å². The fraction of sp³-hybridized carbons (Fsp3) is 0.381. The molecule has 160 valence electrons. The molecule has 1 unspecified atom stereocenters. The van der Waals surface area contributed by atoms with E-state index in [1.807, 2.05) is 35.7 Å². The summed E-state index contributed by atoms with van der Waals surface area (Å²) < 4.78 is 1.87. The molecule has 0 spiro atoms. The van der Waals surface area contributed by atoms with E-state index in [1.54, 1.807) is 23.1 Å². The summed E-state index contributed by atoms with van der Waals surface area (Å²) in [5.74, 6) is 2.55. The zero-order valence-corrected chi connectivity index (χ0v) is 18.7. The van der Waals surface area contributed by atoms with Crippen molar-refractivity contribution in [2.75, 3.05) is 5.75 Å². The van der Waals surface area contributed by atoms with Gasteiger partial charge in [0.05, 0.1) is 17.2 Å². The molecule has 8 nitrogen and oxygen atoms in total. The second-order valence-electron chi connectivity index (χ2n) is 7.63. The fourth-order valence-electron chi connectivity index (χ4n) is 3.98. The summed E-state index contributed by atoms with van der Waals surface area (Å²) in [5.41, 5.74) is 1.91. The molecule has 0 aliphatic heterocycles. The first-order valence-corrected chi connectivity index (χ1v) is 12.3. The number of nitrogens with zero attached hydrogens (tertiary/aromatic N) is 4. The van der Waals surface area contributed by atoms with Crippen LogP contribution in [0.5, 0.6) is 0 Å². The van der Waals surface area contributed by atoms with Gasteiger partial charge < -0.3 is 10.3 Å². The lowest BCUT2D eigenvalue weighted by atomic mass is 10.2. The Morgan fingerprint density at radius 3 is 3.16 bits per heavy atom. The van der Waals surface area contributed by atoms with E-state index in [9.17, 15) is 9.59 Å². The van der Waals surface area contributed by atoms with Crippen molar-refractivity contribution in [1.82, 2.24) is 29.9 Å². The highest BCUT2D eigenvalue weighted by molar-refractivity contribution is 7.98. The molecule has 2 N–H and O–H groups in total. The molecule has 1 aliphatic carbocycles. The van der Waals surface area contributed by atoms with E-state index in [4.69, 9.17) is 0 Å². The molecule has 1 aliphatic rings. The van der Waals surface area contributed by atoms with Gasteiger partial charge in [-0.1, -0.05) is 6.07 Å². The Morgan fingerprint density at radius 2 is 2.26 bits per heavy atom. The molecule has 0 aromatic carbocycles. The Bertz CT molecular complexity index is 1320. The van der Waals surface area contributed by atoms with Crippen LogP contribution in [0.2, 0.25) is 0 Å². The van der Waals surface area contributed by atoms with Gasteiger partial charge in [-0.05, 0) is 43.9 Å². The van der Waals surface area contributed by atoms with Crippen LogP contribution in [0.25, 0.3) is 15.9 Å². The minimum atomic E-state index is -0.240. The van der Waals surface area contributed by atoms with Crippen LogP contribution < -0.4 is 10.9 Å². The Labute approximate surface area is 186 Å². The number of carbonyl (C=O) groups excluding carboxylic acids is 1. The lowest BCUT2D eigenvalue weighted by molar-refractivity contribution is -0.121. The Kier molecular flexibility index (Phi) is 5.49. The Balaban J connectivity index is 1.14. The van der Waals surface area contributed by atoms with E-state index in [0.717, 1.165) is 35.1 Å². The maximum Gasteiger partial charge on any atom is 0.259 e. The van der Waals surface area contributed by atoms with Gasteiger partial charge >= 0.3 is 0 Å². The number of thioether (sulfide) groups is 1. The van der Waals surface area contributed by atoms with E-state index < -0.39 is 0 Å². The quantitative estimate of drug-likeness (QED) is 0.416. The first kappa shape index (κ1) is 20.2. The predicted molar refractivity (Wildman–Crippen MR) is 123 cm³/mol. The number of fused-ring (bicyclic) bond motifs is 4. The van der Waals surface area contributed by atoms with Gasteiger partial charge in [-0.3, -0.25) is 14.0 Å². The van der Waals surface area contributed by atoms with Crippen molar-refractivity contribution in [3.05, 3.63) is 56.8 Å². The highest BCUT2D eigenvalue weighted by atomic mass is 32.2. The molecule has 0 saturated carbocycles. The first-order chi connectivity index (χ1) is 15.1. The van der Waals surface area contributed by atoms with Crippen LogP contribution in [0.4, 0.5) is 0 Å². The molecule has 31 heavy (non-hydrogen) atoms. The second kappa shape index (κ2) is 8.43. The third-order valence-electron chi connectivity index (χ3n) is 5.44. The fourth-order valence-corrected chi connectivity index (χ4v) is 6.07. The summed E-state index contributed by atoms with van der Waals surface area (Å²) in [6.07, 6.45) is 5.42. The Hall–Kier alpha value is -2.72. The summed E-state index contributed by atoms with van der Waals surface area (Å²) >= 11 is 3.24. The van der Waals surface area contributed by atoms with E-state index >= 15 is 0 Å². The first-order valence-electron chi connectivity index (χ1n) is 10.3. The number of rotatable bonds is 7. The zero-order chi connectivity index (χ0) is 21.4. The summed E-state index contributed by atoms with van der Waals surface area (Å²) in [5, 5.41) is 12.1. The van der Waals surface area contributed by atoms with Crippen molar-refractivity contribution >= 4 is 44.9 Å². The molecule has 4 aromatic rings. The highest BCUT2D eigenvalue weighted by Gasteiger charge is 2.21. The standard InChI is InChI=1S/C21H22N6O2S2/c1-12(19-26-25-16-7-2-3-9-27(16)19)22-17(28)8-10-30-11-15-23-20(29)18-13-5-4-6-14(13)31-21(18)24-15/h2-3,7,9,12H,4-6,8,10-11H2,1H3,(H,22,28)(H,23,24,29). The maximum absolute atomic E-state index is 12.5. The van der Waals surface area contributed by atoms with Crippen molar-refractivity contribution < 1.29 is 4.79 Å². The molecule has 5 rings (SSSR count). The largest absolute Gasteiger partial charge is 0.346 e. The van der Waals surface area contributed by atoms with Crippen molar-refractivity contribution in [1.29, 1.82) is 0 Å². The number of carbonyl (C=O) groups is 1. The minimum Gasteiger partial charge on any atom is -0.346 e. The van der Waals surface area contributed by atoms with Crippen molar-refractivity contribution in [2.24, 2.45) is 0 Å². The lowest BCUT2D eigenvalue weighted by Gasteiger charge is -2.12. The lowest BCUT2D eigenvalue weighted by Crippen LogP contribution is -2.28. The van der Waals surface area contributed by atoms with Crippen LogP contribution in [0, 0.1) is 0 Å². The summed E-state index contributed by atoms with van der Waals surface area (Å²) in [7, 11) is 0. The highest BCUT2D eigenvalue weighted by Crippen LogP contribution is 2.34. The molecule has 4 aromatic heterocycles. The van der Waals surface area contributed by atoms with Crippen LogP contribution in [0.1, 0.15) is 47.9 Å². The van der Waals surface area contributed by atoms with E-state index in [-0.39, 0.29) is 17.5 Å². The van der Waals surface area contributed by atoms with Crippen LogP contribution >= 0.6 is 23.1 Å². The number of thiophene rings is 1. The van der Waals surface area contributed by atoms with Gasteiger partial charge in [0.2, 0.25) is 5.91 Å². The number of pyridine rings is 1. The monoisotopic (exact) mass is 454 g/mol. The SMILES string of the molecule is CC(NC(=O)CCSCc1nc2sc3c(c2c(=O)[nH]1)CCC3)c1nnc2ccccn12. The number of amides is 1. The molecular formula is C21H22N6O2S2.